The third-order valence-corrected chi connectivity index (χ3v) is 4.97. The Morgan fingerprint density at radius 3 is 2.89 bits per heavy atom. The predicted molar refractivity (Wildman–Crippen MR) is 75.1 cm³/mol. The van der Waals surface area contributed by atoms with E-state index in [2.05, 4.69) is 23.3 Å². The Hall–Kier alpha value is -0.910. The van der Waals surface area contributed by atoms with E-state index in [-0.39, 0.29) is 17.9 Å². The van der Waals surface area contributed by atoms with Gasteiger partial charge in [-0.15, -0.1) is 11.3 Å². The maximum Gasteiger partial charge on any atom is 0.308 e. The van der Waals surface area contributed by atoms with Crippen LogP contribution in [-0.4, -0.2) is 42.3 Å². The van der Waals surface area contributed by atoms with Crippen LogP contribution in [0.3, 0.4) is 0 Å². The van der Waals surface area contributed by atoms with E-state index in [0.717, 1.165) is 6.54 Å². The molecule has 0 spiro atoms. The highest BCUT2D eigenvalue weighted by Crippen LogP contribution is 2.31. The number of aryl methyl sites for hydroxylation is 1. The molecule has 0 aromatic carbocycles. The van der Waals surface area contributed by atoms with Gasteiger partial charge in [-0.25, -0.2) is 0 Å². The lowest BCUT2D eigenvalue weighted by Crippen LogP contribution is -2.37. The van der Waals surface area contributed by atoms with Crippen LogP contribution in [0.4, 0.5) is 0 Å². The predicted octanol–water partition coefficient (Wildman–Crippen LogP) is 1.80. The number of aliphatic hydroxyl groups is 1. The van der Waals surface area contributed by atoms with Gasteiger partial charge in [0.1, 0.15) is 0 Å². The molecule has 5 heteroatoms. The molecule has 1 fully saturated rings. The van der Waals surface area contributed by atoms with Crippen molar-refractivity contribution in [2.75, 3.05) is 14.2 Å². The highest BCUT2D eigenvalue weighted by atomic mass is 32.1. The summed E-state index contributed by atoms with van der Waals surface area (Å²) in [5.74, 6) is -0.376. The number of likely N-dealkylation sites (N-methyl/N-ethyl adjacent to an activating group) is 1. The maximum atomic E-state index is 11.5. The number of carbonyl (C=O) groups excluding carboxylic acids is 1. The number of rotatable bonds is 4. The molecular formula is C14H21NO3S. The van der Waals surface area contributed by atoms with Gasteiger partial charge >= 0.3 is 5.97 Å². The zero-order chi connectivity index (χ0) is 14.0. The molecule has 1 aliphatic rings. The van der Waals surface area contributed by atoms with Crippen LogP contribution in [-0.2, 0) is 16.1 Å². The number of methoxy groups -OCH3 is 1. The highest BCUT2D eigenvalue weighted by Gasteiger charge is 2.39. The molecular weight excluding hydrogens is 262 g/mol. The van der Waals surface area contributed by atoms with E-state index in [1.165, 1.54) is 17.6 Å². The smallest absolute Gasteiger partial charge is 0.308 e. The Morgan fingerprint density at radius 2 is 2.32 bits per heavy atom. The van der Waals surface area contributed by atoms with E-state index in [1.807, 2.05) is 7.05 Å². The second-order valence-corrected chi connectivity index (χ2v) is 6.27. The number of esters is 1. The first-order chi connectivity index (χ1) is 9.02. The second-order valence-electron chi connectivity index (χ2n) is 5.27. The average molecular weight is 283 g/mol. The number of thiophene rings is 1. The summed E-state index contributed by atoms with van der Waals surface area (Å²) >= 11 is 1.73. The van der Waals surface area contributed by atoms with Crippen LogP contribution in [0.15, 0.2) is 11.4 Å². The van der Waals surface area contributed by atoms with Crippen LogP contribution in [0.2, 0.25) is 0 Å². The van der Waals surface area contributed by atoms with E-state index >= 15 is 0 Å². The van der Waals surface area contributed by atoms with Crippen LogP contribution in [0.1, 0.15) is 23.3 Å². The first kappa shape index (κ1) is 14.5. The molecule has 19 heavy (non-hydrogen) atoms. The topological polar surface area (TPSA) is 49.8 Å². The Labute approximate surface area is 118 Å². The van der Waals surface area contributed by atoms with Crippen molar-refractivity contribution in [2.24, 2.45) is 5.92 Å². The minimum atomic E-state index is -0.450. The van der Waals surface area contributed by atoms with Crippen LogP contribution in [0.25, 0.3) is 0 Å². The van der Waals surface area contributed by atoms with Crippen molar-refractivity contribution in [3.63, 3.8) is 0 Å². The van der Waals surface area contributed by atoms with Gasteiger partial charge < -0.3 is 9.84 Å². The molecule has 1 aliphatic carbocycles. The molecule has 3 atom stereocenters. The summed E-state index contributed by atoms with van der Waals surface area (Å²) in [6, 6.07) is 2.14. The second kappa shape index (κ2) is 6.03. The van der Waals surface area contributed by atoms with Gasteiger partial charge in [-0.3, -0.25) is 9.69 Å². The number of hydrogen-bond donors (Lipinski definition) is 1. The quantitative estimate of drug-likeness (QED) is 0.856. The molecule has 1 aromatic heterocycles. The fraction of sp³-hybridized carbons (Fsp3) is 0.643. The lowest BCUT2D eigenvalue weighted by atomic mass is 10.1. The van der Waals surface area contributed by atoms with E-state index < -0.39 is 6.10 Å². The maximum absolute atomic E-state index is 11.5. The fourth-order valence-corrected chi connectivity index (χ4v) is 3.70. The molecule has 106 valence electrons. The molecule has 0 radical (unpaired) electrons. The first-order valence-electron chi connectivity index (χ1n) is 6.52. The van der Waals surface area contributed by atoms with Gasteiger partial charge in [0.25, 0.3) is 0 Å². The molecule has 0 bridgehead atoms. The monoisotopic (exact) mass is 283 g/mol. The molecule has 4 nitrogen and oxygen atoms in total. The van der Waals surface area contributed by atoms with Gasteiger partial charge in [-0.2, -0.15) is 0 Å². The minimum Gasteiger partial charge on any atom is -0.469 e. The molecule has 1 heterocycles. The van der Waals surface area contributed by atoms with Crippen LogP contribution < -0.4 is 0 Å². The Bertz CT molecular complexity index is 446. The summed E-state index contributed by atoms with van der Waals surface area (Å²) in [6.45, 7) is 2.92. The highest BCUT2D eigenvalue weighted by molar-refractivity contribution is 7.10. The number of carbonyl (C=O) groups is 1. The number of aliphatic hydroxyl groups excluding tert-OH is 1. The summed E-state index contributed by atoms with van der Waals surface area (Å²) in [5, 5.41) is 12.2. The van der Waals surface area contributed by atoms with E-state index in [1.54, 1.807) is 11.3 Å². The van der Waals surface area contributed by atoms with E-state index in [4.69, 9.17) is 4.74 Å². The van der Waals surface area contributed by atoms with Crippen molar-refractivity contribution < 1.29 is 14.6 Å². The van der Waals surface area contributed by atoms with Gasteiger partial charge in [0.05, 0.1) is 19.1 Å². The zero-order valence-corrected chi connectivity index (χ0v) is 12.4. The molecule has 0 saturated heterocycles. The summed E-state index contributed by atoms with van der Waals surface area (Å²) < 4.78 is 4.77. The van der Waals surface area contributed by atoms with Crippen LogP contribution in [0, 0.1) is 12.8 Å². The Balaban J connectivity index is 1.98. The van der Waals surface area contributed by atoms with Gasteiger partial charge in [0.15, 0.2) is 0 Å². The van der Waals surface area contributed by atoms with Crippen LogP contribution >= 0.6 is 11.3 Å². The third kappa shape index (κ3) is 3.16. The first-order valence-corrected chi connectivity index (χ1v) is 7.40. The largest absolute Gasteiger partial charge is 0.469 e. The molecule has 0 aliphatic heterocycles. The normalized spacial score (nSPS) is 26.9. The van der Waals surface area contributed by atoms with Gasteiger partial charge in [-0.05, 0) is 43.8 Å². The molecule has 1 N–H and O–H groups in total. The zero-order valence-electron chi connectivity index (χ0n) is 11.6. The summed E-state index contributed by atoms with van der Waals surface area (Å²) in [7, 11) is 3.41. The molecule has 2 rings (SSSR count). The SMILES string of the molecule is COC(=O)[C@@H]1C[C@H](O)[C@@H](N(C)Cc2sccc2C)C1. The summed E-state index contributed by atoms with van der Waals surface area (Å²) in [5.41, 5.74) is 1.29. The minimum absolute atomic E-state index is 0.0330. The molecule has 1 saturated carbocycles. The van der Waals surface area contributed by atoms with Gasteiger partial charge in [-0.1, -0.05) is 0 Å². The van der Waals surface area contributed by atoms with Crippen molar-refractivity contribution in [1.82, 2.24) is 4.90 Å². The van der Waals surface area contributed by atoms with Gasteiger partial charge in [0, 0.05) is 17.5 Å². The Kier molecular flexibility index (Phi) is 4.60. The van der Waals surface area contributed by atoms with Crippen molar-refractivity contribution in [3.05, 3.63) is 21.9 Å². The summed E-state index contributed by atoms with van der Waals surface area (Å²) in [6.07, 6.45) is 0.731. The van der Waals surface area contributed by atoms with Gasteiger partial charge in [0.2, 0.25) is 0 Å². The van der Waals surface area contributed by atoms with Crippen molar-refractivity contribution in [2.45, 2.75) is 38.5 Å². The number of hydrogen-bond acceptors (Lipinski definition) is 5. The van der Waals surface area contributed by atoms with E-state index in [0.29, 0.717) is 12.8 Å². The van der Waals surface area contributed by atoms with Crippen molar-refractivity contribution >= 4 is 17.3 Å². The fourth-order valence-electron chi connectivity index (χ4n) is 2.74. The lowest BCUT2D eigenvalue weighted by molar-refractivity contribution is -0.145. The standard InChI is InChI=1S/C14H21NO3S/c1-9-4-5-19-13(9)8-15(2)11-6-10(7-12(11)16)14(17)18-3/h4-5,10-12,16H,6-8H2,1-3H3/t10-,11-,12-/m0/s1. The Morgan fingerprint density at radius 1 is 1.58 bits per heavy atom. The van der Waals surface area contributed by atoms with E-state index in [9.17, 15) is 9.90 Å². The average Bonchev–Trinajstić information content (AvgIpc) is 2.95. The lowest BCUT2D eigenvalue weighted by Gasteiger charge is -2.26. The molecule has 0 amide bonds. The van der Waals surface area contributed by atoms with Crippen LogP contribution in [0.5, 0.6) is 0 Å². The third-order valence-electron chi connectivity index (χ3n) is 3.96. The number of nitrogens with zero attached hydrogens (tertiary/aromatic N) is 1. The molecule has 1 aromatic rings. The van der Waals surface area contributed by atoms with Crippen molar-refractivity contribution in [3.8, 4) is 0 Å². The number of ether oxygens (including phenoxy) is 1. The van der Waals surface area contributed by atoms with Crippen molar-refractivity contribution in [1.29, 1.82) is 0 Å². The molecule has 0 unspecified atom stereocenters. The summed E-state index contributed by atoms with van der Waals surface area (Å²) in [4.78, 5) is 15.0.